The number of para-hydroxylation sites is 1. The van der Waals surface area contributed by atoms with Crippen molar-refractivity contribution in [1.29, 1.82) is 0 Å². The zero-order valence-electron chi connectivity index (χ0n) is 10.6. The average Bonchev–Trinajstić information content (AvgIpc) is 2.62. The molecule has 19 heavy (non-hydrogen) atoms. The molecule has 0 saturated heterocycles. The van der Waals surface area contributed by atoms with Crippen LogP contribution in [0, 0.1) is 0 Å². The molecule has 0 amide bonds. The van der Waals surface area contributed by atoms with Crippen LogP contribution in [0.15, 0.2) is 48.5 Å². The highest BCUT2D eigenvalue weighted by Crippen LogP contribution is 2.29. The molecule has 1 atom stereocenters. The molecular formula is C16H16O3. The van der Waals surface area contributed by atoms with Crippen LogP contribution in [-0.2, 0) is 11.2 Å². The monoisotopic (exact) mass is 256 g/mol. The van der Waals surface area contributed by atoms with Crippen molar-refractivity contribution in [3.05, 3.63) is 59.7 Å². The molecule has 1 unspecified atom stereocenters. The van der Waals surface area contributed by atoms with Crippen molar-refractivity contribution in [3.8, 4) is 11.5 Å². The molecule has 1 aliphatic rings. The number of aliphatic hydroxyl groups is 1. The van der Waals surface area contributed by atoms with Crippen molar-refractivity contribution in [2.45, 2.75) is 12.5 Å². The van der Waals surface area contributed by atoms with Crippen molar-refractivity contribution in [3.63, 3.8) is 0 Å². The first-order chi connectivity index (χ1) is 9.33. The Balaban J connectivity index is 1.88. The SMILES string of the molecule is OC1COCCc2ccc(Oc3ccccc3)cc21. The molecule has 0 fully saturated rings. The number of benzene rings is 2. The van der Waals surface area contributed by atoms with E-state index in [0.29, 0.717) is 13.2 Å². The Morgan fingerprint density at radius 2 is 1.89 bits per heavy atom. The fraction of sp³-hybridized carbons (Fsp3) is 0.250. The summed E-state index contributed by atoms with van der Waals surface area (Å²) >= 11 is 0. The Kier molecular flexibility index (Phi) is 3.49. The lowest BCUT2D eigenvalue weighted by Crippen LogP contribution is -2.04. The van der Waals surface area contributed by atoms with Gasteiger partial charge in [0.2, 0.25) is 0 Å². The molecule has 3 heteroatoms. The summed E-state index contributed by atoms with van der Waals surface area (Å²) in [6.45, 7) is 1.00. The minimum absolute atomic E-state index is 0.349. The summed E-state index contributed by atoms with van der Waals surface area (Å²) in [4.78, 5) is 0. The van der Waals surface area contributed by atoms with Gasteiger partial charge in [0, 0.05) is 0 Å². The van der Waals surface area contributed by atoms with Crippen molar-refractivity contribution >= 4 is 0 Å². The number of fused-ring (bicyclic) bond motifs is 1. The van der Waals surface area contributed by atoms with Gasteiger partial charge in [0.25, 0.3) is 0 Å². The van der Waals surface area contributed by atoms with Crippen molar-refractivity contribution in [2.75, 3.05) is 13.2 Å². The second-order valence-electron chi connectivity index (χ2n) is 4.62. The van der Waals surface area contributed by atoms with Crippen LogP contribution in [0.2, 0.25) is 0 Å². The van der Waals surface area contributed by atoms with Crippen LogP contribution in [0.1, 0.15) is 17.2 Å². The normalized spacial score (nSPS) is 18.5. The molecule has 1 heterocycles. The Morgan fingerprint density at radius 1 is 1.05 bits per heavy atom. The third-order valence-electron chi connectivity index (χ3n) is 3.25. The second kappa shape index (κ2) is 5.43. The molecular weight excluding hydrogens is 240 g/mol. The molecule has 2 aromatic rings. The zero-order chi connectivity index (χ0) is 13.1. The standard InChI is InChI=1S/C16H16O3/c17-16-11-18-9-8-12-6-7-14(10-15(12)16)19-13-4-2-1-3-5-13/h1-7,10,16-17H,8-9,11H2. The lowest BCUT2D eigenvalue weighted by Gasteiger charge is -2.13. The van der Waals surface area contributed by atoms with E-state index in [-0.39, 0.29) is 0 Å². The zero-order valence-corrected chi connectivity index (χ0v) is 10.6. The molecule has 98 valence electrons. The number of aliphatic hydroxyl groups excluding tert-OH is 1. The van der Waals surface area contributed by atoms with Gasteiger partial charge in [-0.25, -0.2) is 0 Å². The lowest BCUT2D eigenvalue weighted by atomic mass is 10.0. The molecule has 3 rings (SSSR count). The van der Waals surface area contributed by atoms with E-state index in [0.717, 1.165) is 29.0 Å². The smallest absolute Gasteiger partial charge is 0.127 e. The molecule has 3 nitrogen and oxygen atoms in total. The van der Waals surface area contributed by atoms with Gasteiger partial charge < -0.3 is 14.6 Å². The van der Waals surface area contributed by atoms with Crippen LogP contribution in [0.25, 0.3) is 0 Å². The van der Waals surface area contributed by atoms with Gasteiger partial charge >= 0.3 is 0 Å². The van der Waals surface area contributed by atoms with Crippen LogP contribution < -0.4 is 4.74 Å². The highest BCUT2D eigenvalue weighted by molar-refractivity contribution is 5.40. The van der Waals surface area contributed by atoms with Gasteiger partial charge in [-0.05, 0) is 41.8 Å². The van der Waals surface area contributed by atoms with Gasteiger partial charge in [-0.2, -0.15) is 0 Å². The quantitative estimate of drug-likeness (QED) is 0.897. The third kappa shape index (κ3) is 2.78. The number of rotatable bonds is 2. The third-order valence-corrected chi connectivity index (χ3v) is 3.25. The van der Waals surface area contributed by atoms with Gasteiger partial charge in [-0.15, -0.1) is 0 Å². The summed E-state index contributed by atoms with van der Waals surface area (Å²) in [6.07, 6.45) is 0.259. The van der Waals surface area contributed by atoms with Gasteiger partial charge in [0.15, 0.2) is 0 Å². The highest BCUT2D eigenvalue weighted by Gasteiger charge is 2.17. The Labute approximate surface area is 112 Å². The highest BCUT2D eigenvalue weighted by atomic mass is 16.5. The average molecular weight is 256 g/mol. The van der Waals surface area contributed by atoms with Crippen LogP contribution in [0.3, 0.4) is 0 Å². The van der Waals surface area contributed by atoms with Crippen molar-refractivity contribution < 1.29 is 14.6 Å². The predicted octanol–water partition coefficient (Wildman–Crippen LogP) is 3.09. The van der Waals surface area contributed by atoms with Gasteiger partial charge in [-0.3, -0.25) is 0 Å². The molecule has 0 aromatic heterocycles. The first-order valence-electron chi connectivity index (χ1n) is 6.44. The fourth-order valence-corrected chi connectivity index (χ4v) is 2.27. The van der Waals surface area contributed by atoms with Crippen LogP contribution in [0.5, 0.6) is 11.5 Å². The maximum absolute atomic E-state index is 10.1. The van der Waals surface area contributed by atoms with E-state index in [1.165, 1.54) is 0 Å². The predicted molar refractivity (Wildman–Crippen MR) is 72.4 cm³/mol. The van der Waals surface area contributed by atoms with E-state index in [1.54, 1.807) is 0 Å². The van der Waals surface area contributed by atoms with Crippen molar-refractivity contribution in [1.82, 2.24) is 0 Å². The van der Waals surface area contributed by atoms with E-state index in [9.17, 15) is 5.11 Å². The Morgan fingerprint density at radius 3 is 2.74 bits per heavy atom. The van der Waals surface area contributed by atoms with Gasteiger partial charge in [0.05, 0.1) is 13.2 Å². The molecule has 1 N–H and O–H groups in total. The number of ether oxygens (including phenoxy) is 2. The fourth-order valence-electron chi connectivity index (χ4n) is 2.27. The van der Waals surface area contributed by atoms with E-state index in [4.69, 9.17) is 9.47 Å². The Bertz CT molecular complexity index is 551. The van der Waals surface area contributed by atoms with E-state index < -0.39 is 6.10 Å². The molecule has 0 radical (unpaired) electrons. The molecule has 0 saturated carbocycles. The lowest BCUT2D eigenvalue weighted by molar-refractivity contribution is 0.0451. The van der Waals surface area contributed by atoms with Crippen LogP contribution in [-0.4, -0.2) is 18.3 Å². The minimum Gasteiger partial charge on any atom is -0.457 e. The molecule has 1 aliphatic heterocycles. The first kappa shape index (κ1) is 12.2. The molecule has 0 bridgehead atoms. The molecule has 0 aliphatic carbocycles. The number of hydrogen-bond donors (Lipinski definition) is 1. The largest absolute Gasteiger partial charge is 0.457 e. The molecule has 0 spiro atoms. The summed E-state index contributed by atoms with van der Waals surface area (Å²) in [5.74, 6) is 1.53. The topological polar surface area (TPSA) is 38.7 Å². The van der Waals surface area contributed by atoms with Crippen molar-refractivity contribution in [2.24, 2.45) is 0 Å². The van der Waals surface area contributed by atoms with Gasteiger partial charge in [0.1, 0.15) is 17.6 Å². The Hall–Kier alpha value is -1.84. The van der Waals surface area contributed by atoms with E-state index in [2.05, 4.69) is 0 Å². The van der Waals surface area contributed by atoms with E-state index >= 15 is 0 Å². The summed E-state index contributed by atoms with van der Waals surface area (Å²) < 4.78 is 11.1. The number of hydrogen-bond acceptors (Lipinski definition) is 3. The van der Waals surface area contributed by atoms with E-state index in [1.807, 2.05) is 48.5 Å². The van der Waals surface area contributed by atoms with Gasteiger partial charge in [-0.1, -0.05) is 24.3 Å². The maximum atomic E-state index is 10.1. The van der Waals surface area contributed by atoms with Crippen LogP contribution >= 0.6 is 0 Å². The minimum atomic E-state index is -0.572. The molecule has 2 aromatic carbocycles. The summed E-state index contributed by atoms with van der Waals surface area (Å²) in [5.41, 5.74) is 2.04. The maximum Gasteiger partial charge on any atom is 0.127 e. The summed E-state index contributed by atoms with van der Waals surface area (Å²) in [7, 11) is 0. The van der Waals surface area contributed by atoms with Crippen LogP contribution in [0.4, 0.5) is 0 Å². The summed E-state index contributed by atoms with van der Waals surface area (Å²) in [5, 5.41) is 10.1. The second-order valence-corrected chi connectivity index (χ2v) is 4.62. The summed E-state index contributed by atoms with van der Waals surface area (Å²) in [6, 6.07) is 15.5. The first-order valence-corrected chi connectivity index (χ1v) is 6.44.